The molecule has 0 radical (unpaired) electrons. The molecule has 1 aromatic rings. The third-order valence-corrected chi connectivity index (χ3v) is 8.27. The van der Waals surface area contributed by atoms with Crippen LogP contribution in [0.2, 0.25) is 0 Å². The molecule has 2 N–H and O–H groups in total. The minimum absolute atomic E-state index is 0.364. The summed E-state index contributed by atoms with van der Waals surface area (Å²) in [5.41, 5.74) is 7.21. The molecule has 0 amide bonds. The minimum atomic E-state index is 0.364. The number of rotatable bonds is 4. The van der Waals surface area contributed by atoms with E-state index in [2.05, 4.69) is 40.2 Å². The second kappa shape index (κ2) is 5.58. The van der Waals surface area contributed by atoms with Crippen LogP contribution in [0, 0.1) is 23.2 Å². The summed E-state index contributed by atoms with van der Waals surface area (Å²) in [5, 5.41) is 0. The molecule has 3 heteroatoms. The summed E-state index contributed by atoms with van der Waals surface area (Å²) in [4.78, 5) is 1.33. The molecule has 4 bridgehead atoms. The Bertz CT molecular complexity index is 494. The third-order valence-electron chi connectivity index (χ3n) is 6.13. The molecule has 114 valence electrons. The Hall–Kier alpha value is 0.01000. The van der Waals surface area contributed by atoms with E-state index < -0.39 is 0 Å². The van der Waals surface area contributed by atoms with Gasteiger partial charge < -0.3 is 5.73 Å². The number of thioether (sulfide) groups is 1. The van der Waals surface area contributed by atoms with E-state index in [1.54, 1.807) is 0 Å². The van der Waals surface area contributed by atoms with Crippen LogP contribution in [0.5, 0.6) is 0 Å². The standard InChI is InChI=1S/C18H24BrNS/c19-15-3-1-2-4-16(15)21-11-17(20)18-8-12-5-13(9-18)7-14(6-12)10-18/h1-4,12-14,17H,5-11,20H2. The smallest absolute Gasteiger partial charge is 0.0311 e. The average molecular weight is 366 g/mol. The van der Waals surface area contributed by atoms with E-state index in [0.717, 1.165) is 23.5 Å². The van der Waals surface area contributed by atoms with Crippen molar-refractivity contribution in [1.29, 1.82) is 0 Å². The van der Waals surface area contributed by atoms with Gasteiger partial charge in [-0.3, -0.25) is 0 Å². The zero-order valence-corrected chi connectivity index (χ0v) is 14.8. The van der Waals surface area contributed by atoms with E-state index in [1.165, 1.54) is 47.9 Å². The first-order chi connectivity index (χ1) is 10.1. The summed E-state index contributed by atoms with van der Waals surface area (Å²) in [6.07, 6.45) is 8.75. The maximum Gasteiger partial charge on any atom is 0.0311 e. The molecule has 0 spiro atoms. The van der Waals surface area contributed by atoms with E-state index in [-0.39, 0.29) is 0 Å². The van der Waals surface area contributed by atoms with Crippen molar-refractivity contribution in [2.75, 3.05) is 5.75 Å². The fraction of sp³-hybridized carbons (Fsp3) is 0.667. The van der Waals surface area contributed by atoms with E-state index in [4.69, 9.17) is 5.73 Å². The lowest BCUT2D eigenvalue weighted by molar-refractivity contribution is -0.0629. The summed E-state index contributed by atoms with van der Waals surface area (Å²) >= 11 is 5.58. The van der Waals surface area contributed by atoms with Gasteiger partial charge in [-0.25, -0.2) is 0 Å². The van der Waals surface area contributed by atoms with Gasteiger partial charge in [0.15, 0.2) is 0 Å². The van der Waals surface area contributed by atoms with Crippen molar-refractivity contribution in [2.24, 2.45) is 28.9 Å². The minimum Gasteiger partial charge on any atom is -0.326 e. The molecule has 0 saturated heterocycles. The van der Waals surface area contributed by atoms with Crippen LogP contribution in [0.4, 0.5) is 0 Å². The molecule has 1 atom stereocenters. The Morgan fingerprint density at radius 3 is 2.24 bits per heavy atom. The summed E-state index contributed by atoms with van der Waals surface area (Å²) < 4.78 is 1.20. The van der Waals surface area contributed by atoms with Crippen molar-refractivity contribution < 1.29 is 0 Å². The van der Waals surface area contributed by atoms with E-state index in [0.29, 0.717) is 11.5 Å². The van der Waals surface area contributed by atoms with Crippen LogP contribution in [0.3, 0.4) is 0 Å². The van der Waals surface area contributed by atoms with E-state index >= 15 is 0 Å². The Morgan fingerprint density at radius 1 is 1.10 bits per heavy atom. The van der Waals surface area contributed by atoms with Crippen LogP contribution in [-0.4, -0.2) is 11.8 Å². The van der Waals surface area contributed by atoms with Crippen molar-refractivity contribution in [3.05, 3.63) is 28.7 Å². The summed E-state index contributed by atoms with van der Waals surface area (Å²) in [6, 6.07) is 8.87. The van der Waals surface area contributed by atoms with Crippen molar-refractivity contribution in [3.8, 4) is 0 Å². The molecule has 0 aromatic heterocycles. The molecule has 1 unspecified atom stereocenters. The monoisotopic (exact) mass is 365 g/mol. The highest BCUT2D eigenvalue weighted by atomic mass is 79.9. The zero-order valence-electron chi connectivity index (χ0n) is 12.4. The lowest BCUT2D eigenvalue weighted by Gasteiger charge is -2.59. The number of benzene rings is 1. The largest absolute Gasteiger partial charge is 0.326 e. The van der Waals surface area contributed by atoms with Crippen molar-refractivity contribution in [2.45, 2.75) is 49.5 Å². The van der Waals surface area contributed by atoms with Crippen LogP contribution in [0.1, 0.15) is 38.5 Å². The van der Waals surface area contributed by atoms with Gasteiger partial charge in [-0.1, -0.05) is 12.1 Å². The molecule has 0 aliphatic heterocycles. The summed E-state index contributed by atoms with van der Waals surface area (Å²) in [6.45, 7) is 0. The van der Waals surface area contributed by atoms with Crippen LogP contribution >= 0.6 is 27.7 Å². The van der Waals surface area contributed by atoms with Gasteiger partial charge in [0, 0.05) is 21.2 Å². The van der Waals surface area contributed by atoms with Gasteiger partial charge in [-0.05, 0) is 89.8 Å². The van der Waals surface area contributed by atoms with Gasteiger partial charge in [-0.2, -0.15) is 0 Å². The average Bonchev–Trinajstić information content (AvgIpc) is 2.44. The molecular formula is C18H24BrNS. The lowest BCUT2D eigenvalue weighted by Crippen LogP contribution is -2.55. The lowest BCUT2D eigenvalue weighted by atomic mass is 9.48. The first-order valence-electron chi connectivity index (χ1n) is 8.27. The summed E-state index contributed by atoms with van der Waals surface area (Å²) in [7, 11) is 0. The van der Waals surface area contributed by atoms with Gasteiger partial charge in [0.05, 0.1) is 0 Å². The molecule has 21 heavy (non-hydrogen) atoms. The van der Waals surface area contributed by atoms with Crippen molar-refractivity contribution >= 4 is 27.7 Å². The molecule has 5 rings (SSSR count). The molecule has 4 aliphatic carbocycles. The first kappa shape index (κ1) is 14.6. The topological polar surface area (TPSA) is 26.0 Å². The Morgan fingerprint density at radius 2 is 1.67 bits per heavy atom. The predicted molar refractivity (Wildman–Crippen MR) is 93.4 cm³/mol. The van der Waals surface area contributed by atoms with Gasteiger partial charge >= 0.3 is 0 Å². The summed E-state index contributed by atoms with van der Waals surface area (Å²) in [5.74, 6) is 4.05. The maximum atomic E-state index is 6.73. The highest BCUT2D eigenvalue weighted by Crippen LogP contribution is 2.61. The Balaban J connectivity index is 1.45. The van der Waals surface area contributed by atoms with Gasteiger partial charge in [0.25, 0.3) is 0 Å². The van der Waals surface area contributed by atoms with Gasteiger partial charge in [-0.15, -0.1) is 11.8 Å². The van der Waals surface area contributed by atoms with Crippen LogP contribution in [0.25, 0.3) is 0 Å². The molecule has 4 saturated carbocycles. The first-order valence-corrected chi connectivity index (χ1v) is 10.1. The fourth-order valence-corrected chi connectivity index (χ4v) is 7.27. The van der Waals surface area contributed by atoms with E-state index in [1.807, 2.05) is 11.8 Å². The zero-order chi connectivity index (χ0) is 14.4. The second-order valence-corrected chi connectivity index (χ2v) is 9.54. The molecule has 0 heterocycles. The van der Waals surface area contributed by atoms with Crippen molar-refractivity contribution in [1.82, 2.24) is 0 Å². The normalized spacial score (nSPS) is 38.7. The van der Waals surface area contributed by atoms with Gasteiger partial charge in [0.2, 0.25) is 0 Å². The number of nitrogens with two attached hydrogens (primary N) is 1. The Kier molecular flexibility index (Phi) is 3.88. The molecular weight excluding hydrogens is 342 g/mol. The fourth-order valence-electron chi connectivity index (χ4n) is 5.55. The SMILES string of the molecule is NC(CSc1ccccc1Br)C12CC3CC(CC(C3)C1)C2. The van der Waals surface area contributed by atoms with Crippen LogP contribution in [0.15, 0.2) is 33.6 Å². The quantitative estimate of drug-likeness (QED) is 0.752. The predicted octanol–water partition coefficient (Wildman–Crippen LogP) is 5.08. The third kappa shape index (κ3) is 2.70. The second-order valence-electron chi connectivity index (χ2n) is 7.63. The van der Waals surface area contributed by atoms with Gasteiger partial charge in [0.1, 0.15) is 0 Å². The number of halogens is 1. The number of hydrogen-bond acceptors (Lipinski definition) is 2. The number of hydrogen-bond donors (Lipinski definition) is 1. The van der Waals surface area contributed by atoms with E-state index in [9.17, 15) is 0 Å². The van der Waals surface area contributed by atoms with Crippen LogP contribution < -0.4 is 5.73 Å². The molecule has 1 aromatic carbocycles. The maximum absolute atomic E-state index is 6.73. The highest BCUT2D eigenvalue weighted by Gasteiger charge is 2.53. The molecule has 4 aliphatic rings. The van der Waals surface area contributed by atoms with Crippen molar-refractivity contribution in [3.63, 3.8) is 0 Å². The molecule has 1 nitrogen and oxygen atoms in total. The Labute approximate surface area is 140 Å². The highest BCUT2D eigenvalue weighted by molar-refractivity contribution is 9.10. The molecule has 4 fully saturated rings. The van der Waals surface area contributed by atoms with Crippen LogP contribution in [-0.2, 0) is 0 Å².